The van der Waals surface area contributed by atoms with Crippen molar-refractivity contribution in [1.29, 1.82) is 0 Å². The number of nitrogens with one attached hydrogen (secondary N) is 2. The summed E-state index contributed by atoms with van der Waals surface area (Å²) in [6, 6.07) is 3.93. The third-order valence-corrected chi connectivity index (χ3v) is 3.12. The Labute approximate surface area is 121 Å². The maximum Gasteiger partial charge on any atom is 0.221 e. The first-order valence-corrected chi connectivity index (χ1v) is 7.16. The van der Waals surface area contributed by atoms with Gasteiger partial charge in [-0.2, -0.15) is 0 Å². The molecule has 3 N–H and O–H groups in total. The van der Waals surface area contributed by atoms with Crippen LogP contribution in [0.5, 0.6) is 5.75 Å². The second-order valence-corrected chi connectivity index (χ2v) is 5.70. The molecule has 0 atom stereocenters. The molecule has 20 heavy (non-hydrogen) atoms. The van der Waals surface area contributed by atoms with Gasteiger partial charge in [0.1, 0.15) is 5.75 Å². The summed E-state index contributed by atoms with van der Waals surface area (Å²) >= 11 is 0. The van der Waals surface area contributed by atoms with Crippen LogP contribution in [-0.4, -0.2) is 24.1 Å². The highest BCUT2D eigenvalue weighted by Crippen LogP contribution is 2.22. The molecule has 4 nitrogen and oxygen atoms in total. The number of aryl methyl sites for hydroxylation is 2. The van der Waals surface area contributed by atoms with E-state index in [0.29, 0.717) is 31.2 Å². The van der Waals surface area contributed by atoms with E-state index in [9.17, 15) is 9.90 Å². The van der Waals surface area contributed by atoms with Gasteiger partial charge in [0.2, 0.25) is 5.91 Å². The van der Waals surface area contributed by atoms with Crippen LogP contribution in [0, 0.1) is 19.8 Å². The van der Waals surface area contributed by atoms with Gasteiger partial charge in [0, 0.05) is 26.1 Å². The van der Waals surface area contributed by atoms with Gasteiger partial charge in [-0.05, 0) is 36.5 Å². The van der Waals surface area contributed by atoms with Gasteiger partial charge >= 0.3 is 0 Å². The summed E-state index contributed by atoms with van der Waals surface area (Å²) in [6.45, 7) is 10.0. The molecule has 1 amide bonds. The molecule has 0 aliphatic rings. The molecule has 1 aromatic rings. The number of rotatable bonds is 7. The van der Waals surface area contributed by atoms with Crippen LogP contribution in [0.1, 0.15) is 37.0 Å². The average Bonchev–Trinajstić information content (AvgIpc) is 2.38. The summed E-state index contributed by atoms with van der Waals surface area (Å²) in [4.78, 5) is 11.5. The third-order valence-electron chi connectivity index (χ3n) is 3.12. The summed E-state index contributed by atoms with van der Waals surface area (Å²) < 4.78 is 0. The smallest absolute Gasteiger partial charge is 0.221 e. The molecule has 0 spiro atoms. The van der Waals surface area contributed by atoms with Gasteiger partial charge in [-0.3, -0.25) is 4.79 Å². The van der Waals surface area contributed by atoms with Crippen LogP contribution in [0.4, 0.5) is 0 Å². The van der Waals surface area contributed by atoms with Crippen molar-refractivity contribution in [3.63, 3.8) is 0 Å². The van der Waals surface area contributed by atoms with Crippen molar-refractivity contribution in [3.05, 3.63) is 28.8 Å². The molecule has 0 radical (unpaired) electrons. The first-order valence-electron chi connectivity index (χ1n) is 7.16. The van der Waals surface area contributed by atoms with Gasteiger partial charge in [-0.25, -0.2) is 0 Å². The number of hydrogen-bond acceptors (Lipinski definition) is 3. The fourth-order valence-electron chi connectivity index (χ4n) is 1.99. The van der Waals surface area contributed by atoms with E-state index in [1.807, 2.05) is 26.0 Å². The maximum atomic E-state index is 11.5. The maximum absolute atomic E-state index is 11.5. The lowest BCUT2D eigenvalue weighted by atomic mass is 10.1. The van der Waals surface area contributed by atoms with E-state index >= 15 is 0 Å². The molecule has 0 aliphatic carbocycles. The number of carbonyl (C=O) groups excluding carboxylic acids is 1. The van der Waals surface area contributed by atoms with Crippen LogP contribution in [0.3, 0.4) is 0 Å². The Kier molecular flexibility index (Phi) is 6.52. The predicted octanol–water partition coefficient (Wildman–Crippen LogP) is 2.26. The highest BCUT2D eigenvalue weighted by Gasteiger charge is 2.04. The number of hydrogen-bond donors (Lipinski definition) is 3. The topological polar surface area (TPSA) is 61.4 Å². The van der Waals surface area contributed by atoms with Crippen molar-refractivity contribution < 1.29 is 9.90 Å². The highest BCUT2D eigenvalue weighted by molar-refractivity contribution is 5.76. The van der Waals surface area contributed by atoms with Gasteiger partial charge in [0.25, 0.3) is 0 Å². The molecular weight excluding hydrogens is 252 g/mol. The Bertz CT molecular complexity index is 433. The number of amides is 1. The second-order valence-electron chi connectivity index (χ2n) is 5.70. The minimum absolute atomic E-state index is 0.0873. The third kappa shape index (κ3) is 5.61. The van der Waals surface area contributed by atoms with Crippen LogP contribution < -0.4 is 10.6 Å². The summed E-state index contributed by atoms with van der Waals surface area (Å²) in [5.41, 5.74) is 2.90. The zero-order valence-corrected chi connectivity index (χ0v) is 12.9. The second kappa shape index (κ2) is 7.90. The number of carbonyl (C=O) groups is 1. The van der Waals surface area contributed by atoms with E-state index in [1.54, 1.807) is 0 Å². The van der Waals surface area contributed by atoms with Crippen LogP contribution in [-0.2, 0) is 11.3 Å². The van der Waals surface area contributed by atoms with Crippen LogP contribution in [0.2, 0.25) is 0 Å². The van der Waals surface area contributed by atoms with E-state index in [0.717, 1.165) is 23.2 Å². The quantitative estimate of drug-likeness (QED) is 0.670. The first-order chi connectivity index (χ1) is 9.40. The fraction of sp³-hybridized carbons (Fsp3) is 0.562. The van der Waals surface area contributed by atoms with Gasteiger partial charge < -0.3 is 15.7 Å². The molecule has 1 aromatic carbocycles. The van der Waals surface area contributed by atoms with Gasteiger partial charge in [-0.1, -0.05) is 26.0 Å². The van der Waals surface area contributed by atoms with Gasteiger partial charge in [0.05, 0.1) is 0 Å². The molecule has 0 aliphatic heterocycles. The lowest BCUT2D eigenvalue weighted by Gasteiger charge is -2.10. The van der Waals surface area contributed by atoms with Crippen LogP contribution in [0.15, 0.2) is 12.1 Å². The number of phenolic OH excluding ortho intramolecular Hbond substituents is 1. The van der Waals surface area contributed by atoms with Crippen molar-refractivity contribution in [3.8, 4) is 5.75 Å². The Morgan fingerprint density at radius 2 is 1.85 bits per heavy atom. The molecular formula is C16H26N2O2. The zero-order valence-electron chi connectivity index (χ0n) is 12.9. The SMILES string of the molecule is Cc1cc(CNCCC(=O)NCC(C)C)cc(C)c1O. The molecule has 0 unspecified atom stereocenters. The van der Waals surface area contributed by atoms with Gasteiger partial charge in [-0.15, -0.1) is 0 Å². The van der Waals surface area contributed by atoms with E-state index in [1.165, 1.54) is 0 Å². The predicted molar refractivity (Wildman–Crippen MR) is 81.8 cm³/mol. The van der Waals surface area contributed by atoms with Crippen molar-refractivity contribution in [1.82, 2.24) is 10.6 Å². The van der Waals surface area contributed by atoms with Crippen molar-refractivity contribution in [2.45, 2.75) is 40.7 Å². The van der Waals surface area contributed by atoms with Crippen LogP contribution >= 0.6 is 0 Å². The van der Waals surface area contributed by atoms with Crippen molar-refractivity contribution >= 4 is 5.91 Å². The summed E-state index contributed by atoms with van der Waals surface area (Å²) in [5, 5.41) is 15.9. The standard InChI is InChI=1S/C16H26N2O2/c1-11(2)9-18-15(19)5-6-17-10-14-7-12(3)16(20)13(4)8-14/h7-8,11,17,20H,5-6,9-10H2,1-4H3,(H,18,19). The van der Waals surface area contributed by atoms with E-state index in [4.69, 9.17) is 0 Å². The molecule has 0 heterocycles. The molecule has 0 aromatic heterocycles. The number of benzene rings is 1. The van der Waals surface area contributed by atoms with Gasteiger partial charge in [0.15, 0.2) is 0 Å². The highest BCUT2D eigenvalue weighted by atomic mass is 16.3. The Morgan fingerprint density at radius 3 is 2.40 bits per heavy atom. The van der Waals surface area contributed by atoms with E-state index in [-0.39, 0.29) is 5.91 Å². The van der Waals surface area contributed by atoms with Crippen LogP contribution in [0.25, 0.3) is 0 Å². The largest absolute Gasteiger partial charge is 0.507 e. The summed E-state index contributed by atoms with van der Waals surface area (Å²) in [5.74, 6) is 0.931. The molecule has 0 saturated carbocycles. The lowest BCUT2D eigenvalue weighted by Crippen LogP contribution is -2.30. The average molecular weight is 278 g/mol. The van der Waals surface area contributed by atoms with E-state index < -0.39 is 0 Å². The number of phenols is 1. The van der Waals surface area contributed by atoms with Crippen molar-refractivity contribution in [2.75, 3.05) is 13.1 Å². The summed E-state index contributed by atoms with van der Waals surface area (Å²) in [7, 11) is 0. The molecule has 0 fully saturated rings. The normalized spacial score (nSPS) is 10.8. The zero-order chi connectivity index (χ0) is 15.1. The Morgan fingerprint density at radius 1 is 1.25 bits per heavy atom. The van der Waals surface area contributed by atoms with Crippen molar-refractivity contribution in [2.24, 2.45) is 5.92 Å². The summed E-state index contributed by atoms with van der Waals surface area (Å²) in [6.07, 6.45) is 0.489. The molecule has 1 rings (SSSR count). The lowest BCUT2D eigenvalue weighted by molar-refractivity contribution is -0.121. The fourth-order valence-corrected chi connectivity index (χ4v) is 1.99. The number of aromatic hydroxyl groups is 1. The molecule has 112 valence electrons. The minimum Gasteiger partial charge on any atom is -0.507 e. The molecule has 0 bridgehead atoms. The van der Waals surface area contributed by atoms with E-state index in [2.05, 4.69) is 24.5 Å². The Hall–Kier alpha value is -1.55. The molecule has 4 heteroatoms. The monoisotopic (exact) mass is 278 g/mol. The molecule has 0 saturated heterocycles. The first kappa shape index (κ1) is 16.5. The minimum atomic E-state index is 0.0873. The Balaban J connectivity index is 2.29.